The Morgan fingerprint density at radius 1 is 1.02 bits per heavy atom. The molecule has 3 aliphatic rings. The smallest absolute Gasteiger partial charge is 0.284 e. The van der Waals surface area contributed by atoms with Crippen LogP contribution in [-0.2, 0) is 33.4 Å². The summed E-state index contributed by atoms with van der Waals surface area (Å²) in [6.07, 6.45) is 0.488. The summed E-state index contributed by atoms with van der Waals surface area (Å²) in [5.74, 6) is -5.86. The summed E-state index contributed by atoms with van der Waals surface area (Å²) < 4.78 is 11.4. The number of ether oxygens (including phenoxy) is 2. The third-order valence-corrected chi connectivity index (χ3v) is 7.70. The number of fused-ring (bicyclic) bond motifs is 1. The molecule has 0 aliphatic carbocycles. The van der Waals surface area contributed by atoms with Gasteiger partial charge >= 0.3 is 0 Å². The van der Waals surface area contributed by atoms with Crippen molar-refractivity contribution in [2.75, 3.05) is 26.3 Å². The SMILES string of the molecule is CCC.O=C1CCC(O)(N2C(=O)c3cccc(OCc4cccc(CN5CCOCC5)c4P)c3C2(O)O)C(=O)N1. The average Bonchev–Trinajstić information content (AvgIpc) is 3.14. The number of rotatable bonds is 6. The highest BCUT2D eigenvalue weighted by molar-refractivity contribution is 7.27. The van der Waals surface area contributed by atoms with E-state index in [9.17, 15) is 29.7 Å². The van der Waals surface area contributed by atoms with Gasteiger partial charge in [0.15, 0.2) is 0 Å². The van der Waals surface area contributed by atoms with Crippen LogP contribution in [0.5, 0.6) is 5.75 Å². The number of nitrogens with one attached hydrogen (secondary N) is 1. The molecule has 2 unspecified atom stereocenters. The van der Waals surface area contributed by atoms with Gasteiger partial charge in [-0.3, -0.25) is 24.6 Å². The summed E-state index contributed by atoms with van der Waals surface area (Å²) in [6.45, 7) is 8.15. The second-order valence-corrected chi connectivity index (χ2v) is 10.6. The van der Waals surface area contributed by atoms with E-state index >= 15 is 0 Å². The van der Waals surface area contributed by atoms with Crippen molar-refractivity contribution in [2.24, 2.45) is 0 Å². The standard InChI is InChI=1S/C25H28N3O8P.C3H8/c29-19-7-8-24(32,23(31)26-19)28-22(30)17-5-2-6-18(20(17)25(28,33)34)36-14-16-4-1-3-15(21(16)37)13-27-9-11-35-12-10-27;1-3-2/h1-6,32-34H,7-14,37H2,(H,26,29,31);3H2,1-2H3. The van der Waals surface area contributed by atoms with Gasteiger partial charge in [0.25, 0.3) is 17.7 Å². The molecule has 3 aliphatic heterocycles. The average molecular weight is 574 g/mol. The van der Waals surface area contributed by atoms with Gasteiger partial charge in [0.1, 0.15) is 12.4 Å². The third kappa shape index (κ3) is 5.76. The summed E-state index contributed by atoms with van der Waals surface area (Å²) in [4.78, 5) is 39.8. The number of imide groups is 1. The van der Waals surface area contributed by atoms with Crippen LogP contribution in [0.1, 0.15) is 60.2 Å². The number of carbonyl (C=O) groups excluding carboxylic acids is 3. The van der Waals surface area contributed by atoms with Crippen LogP contribution in [0.3, 0.4) is 0 Å². The van der Waals surface area contributed by atoms with Crippen molar-refractivity contribution in [3.05, 3.63) is 58.7 Å². The minimum atomic E-state index is -3.06. The Hall–Kier alpha value is -2.92. The molecular weight excluding hydrogens is 537 g/mol. The summed E-state index contributed by atoms with van der Waals surface area (Å²) in [7, 11) is 2.73. The van der Waals surface area contributed by atoms with Crippen LogP contribution in [0.4, 0.5) is 0 Å². The van der Waals surface area contributed by atoms with Crippen LogP contribution in [0, 0.1) is 0 Å². The number of aliphatic hydroxyl groups is 3. The molecule has 216 valence electrons. The monoisotopic (exact) mass is 573 g/mol. The maximum atomic E-state index is 13.2. The predicted octanol–water partition coefficient (Wildman–Crippen LogP) is 0.690. The topological polar surface area (TPSA) is 149 Å². The summed E-state index contributed by atoms with van der Waals surface area (Å²) in [6, 6.07) is 10.2. The number of morpholine rings is 1. The highest BCUT2D eigenvalue weighted by Gasteiger charge is 2.62. The Morgan fingerprint density at radius 2 is 1.68 bits per heavy atom. The number of piperidine rings is 1. The summed E-state index contributed by atoms with van der Waals surface area (Å²) in [5.41, 5.74) is -1.10. The van der Waals surface area contributed by atoms with Crippen LogP contribution in [0.25, 0.3) is 0 Å². The van der Waals surface area contributed by atoms with E-state index in [1.54, 1.807) is 0 Å². The predicted molar refractivity (Wildman–Crippen MR) is 148 cm³/mol. The maximum Gasteiger partial charge on any atom is 0.284 e. The molecule has 0 radical (unpaired) electrons. The molecule has 0 bridgehead atoms. The lowest BCUT2D eigenvalue weighted by molar-refractivity contribution is -0.303. The minimum Gasteiger partial charge on any atom is -0.488 e. The number of carbonyl (C=O) groups is 3. The molecular formula is C28H36N3O8P. The maximum absolute atomic E-state index is 13.2. The number of hydrogen-bond donors (Lipinski definition) is 4. The molecule has 3 heterocycles. The Kier molecular flexibility index (Phi) is 9.24. The zero-order valence-corrected chi connectivity index (χ0v) is 23.8. The van der Waals surface area contributed by atoms with Crippen LogP contribution in [-0.4, -0.2) is 74.9 Å². The van der Waals surface area contributed by atoms with Gasteiger partial charge in [0, 0.05) is 32.5 Å². The number of amides is 3. The highest BCUT2D eigenvalue weighted by atomic mass is 31.0. The van der Waals surface area contributed by atoms with Gasteiger partial charge in [-0.05, 0) is 28.6 Å². The summed E-state index contributed by atoms with van der Waals surface area (Å²) in [5, 5.41) is 36.0. The first-order valence-corrected chi connectivity index (χ1v) is 13.9. The lowest BCUT2D eigenvalue weighted by Crippen LogP contribution is -2.67. The van der Waals surface area contributed by atoms with E-state index in [2.05, 4.69) is 28.0 Å². The van der Waals surface area contributed by atoms with E-state index in [0.717, 1.165) is 36.1 Å². The molecule has 40 heavy (non-hydrogen) atoms. The van der Waals surface area contributed by atoms with Crippen LogP contribution < -0.4 is 15.4 Å². The first-order chi connectivity index (χ1) is 19.0. The Balaban J connectivity index is 0.00000118. The second kappa shape index (κ2) is 12.3. The van der Waals surface area contributed by atoms with Crippen molar-refractivity contribution in [3.8, 4) is 5.75 Å². The Bertz CT molecular complexity index is 1280. The van der Waals surface area contributed by atoms with Crippen LogP contribution >= 0.6 is 9.24 Å². The third-order valence-electron chi connectivity index (χ3n) is 6.96. The molecule has 2 aromatic rings. The Labute approximate surface area is 235 Å². The van der Waals surface area contributed by atoms with Gasteiger partial charge in [-0.2, -0.15) is 0 Å². The van der Waals surface area contributed by atoms with Gasteiger partial charge in [0.2, 0.25) is 11.6 Å². The second-order valence-electron chi connectivity index (χ2n) is 10.0. The number of nitrogens with zero attached hydrogens (tertiary/aromatic N) is 2. The Morgan fingerprint density at radius 3 is 2.35 bits per heavy atom. The van der Waals surface area contributed by atoms with Gasteiger partial charge in [-0.15, -0.1) is 9.24 Å². The fourth-order valence-electron chi connectivity index (χ4n) is 4.96. The van der Waals surface area contributed by atoms with Crippen molar-refractivity contribution >= 4 is 32.3 Å². The number of hydrogen-bond acceptors (Lipinski definition) is 9. The summed E-state index contributed by atoms with van der Waals surface area (Å²) >= 11 is 0. The molecule has 2 atom stereocenters. The first-order valence-electron chi connectivity index (χ1n) is 13.3. The van der Waals surface area contributed by atoms with E-state index in [-0.39, 0.29) is 29.9 Å². The lowest BCUT2D eigenvalue weighted by atomic mass is 9.99. The molecule has 2 fully saturated rings. The largest absolute Gasteiger partial charge is 0.488 e. The van der Waals surface area contributed by atoms with E-state index in [1.165, 1.54) is 24.6 Å². The molecule has 12 heteroatoms. The normalized spacial score (nSPS) is 22.4. The highest BCUT2D eigenvalue weighted by Crippen LogP contribution is 2.45. The zero-order chi connectivity index (χ0) is 29.1. The molecule has 2 saturated heterocycles. The minimum absolute atomic E-state index is 0.0113. The van der Waals surface area contributed by atoms with Gasteiger partial charge in [0.05, 0.1) is 24.3 Å². The van der Waals surface area contributed by atoms with Crippen molar-refractivity contribution < 1.29 is 39.2 Å². The number of benzene rings is 2. The van der Waals surface area contributed by atoms with Gasteiger partial charge in [-0.1, -0.05) is 44.5 Å². The van der Waals surface area contributed by atoms with E-state index in [4.69, 9.17) is 9.47 Å². The quantitative estimate of drug-likeness (QED) is 0.223. The molecule has 0 spiro atoms. The van der Waals surface area contributed by atoms with Gasteiger partial charge < -0.3 is 24.8 Å². The van der Waals surface area contributed by atoms with Crippen molar-refractivity contribution in [1.29, 1.82) is 0 Å². The van der Waals surface area contributed by atoms with Crippen LogP contribution in [0.2, 0.25) is 0 Å². The molecule has 5 rings (SSSR count). The van der Waals surface area contributed by atoms with Crippen molar-refractivity contribution in [2.45, 2.75) is 57.9 Å². The molecule has 3 amide bonds. The molecule has 0 saturated carbocycles. The fourth-order valence-corrected chi connectivity index (χ4v) is 5.33. The van der Waals surface area contributed by atoms with Crippen LogP contribution in [0.15, 0.2) is 36.4 Å². The molecule has 11 nitrogen and oxygen atoms in total. The first kappa shape index (κ1) is 30.0. The van der Waals surface area contributed by atoms with Crippen molar-refractivity contribution in [1.82, 2.24) is 15.1 Å². The van der Waals surface area contributed by atoms with Gasteiger partial charge in [-0.25, -0.2) is 4.90 Å². The molecule has 4 N–H and O–H groups in total. The molecule has 0 aromatic heterocycles. The molecule has 2 aromatic carbocycles. The lowest BCUT2D eigenvalue weighted by Gasteiger charge is -2.42. The van der Waals surface area contributed by atoms with E-state index < -0.39 is 35.8 Å². The zero-order valence-electron chi connectivity index (χ0n) is 22.7. The van der Waals surface area contributed by atoms with E-state index in [1.807, 2.05) is 23.5 Å². The fraction of sp³-hybridized carbons (Fsp3) is 0.464. The van der Waals surface area contributed by atoms with Crippen molar-refractivity contribution in [3.63, 3.8) is 0 Å². The van der Waals surface area contributed by atoms with E-state index in [0.29, 0.717) is 18.1 Å².